The van der Waals surface area contributed by atoms with Crippen LogP contribution in [0.5, 0.6) is 0 Å². The van der Waals surface area contributed by atoms with E-state index in [1.54, 1.807) is 0 Å². The summed E-state index contributed by atoms with van der Waals surface area (Å²) in [7, 11) is 0. The van der Waals surface area contributed by atoms with Crippen LogP contribution in [0.15, 0.2) is 23.8 Å². The number of ketones is 1. The normalized spacial score (nSPS) is 54.6. The molecule has 8 atom stereocenters. The minimum Gasteiger partial charge on any atom is -0.360 e. The molecule has 0 unspecified atom stereocenters. The van der Waals surface area contributed by atoms with Crippen LogP contribution in [-0.4, -0.2) is 37.0 Å². The highest BCUT2D eigenvalue weighted by Gasteiger charge is 2.68. The first-order valence-electron chi connectivity index (χ1n) is 10.8. The lowest BCUT2D eigenvalue weighted by atomic mass is 9.48. The van der Waals surface area contributed by atoms with Gasteiger partial charge in [-0.15, -0.1) is 0 Å². The van der Waals surface area contributed by atoms with Crippen molar-refractivity contribution in [2.45, 2.75) is 64.4 Å². The Bertz CT molecular complexity index is 762. The van der Waals surface area contributed by atoms with Crippen LogP contribution in [0.4, 0.5) is 0 Å². The molecular formula is C23H30O4. The van der Waals surface area contributed by atoms with E-state index in [4.69, 9.17) is 14.2 Å². The second-order valence-corrected chi connectivity index (χ2v) is 10.3. The highest BCUT2D eigenvalue weighted by Crippen LogP contribution is 2.68. The number of carbonyl (C=O) groups excluding carboxylic acids is 1. The van der Waals surface area contributed by atoms with Crippen molar-refractivity contribution >= 4 is 5.78 Å². The molecule has 27 heavy (non-hydrogen) atoms. The quantitative estimate of drug-likeness (QED) is 0.661. The molecule has 0 N–H and O–H groups in total. The number of rotatable bonds is 1. The summed E-state index contributed by atoms with van der Waals surface area (Å²) in [6, 6.07) is 0. The molecule has 0 amide bonds. The van der Waals surface area contributed by atoms with Gasteiger partial charge in [0.05, 0.1) is 13.2 Å². The Morgan fingerprint density at radius 1 is 1.04 bits per heavy atom. The van der Waals surface area contributed by atoms with Crippen molar-refractivity contribution in [3.05, 3.63) is 23.8 Å². The summed E-state index contributed by atoms with van der Waals surface area (Å²) in [4.78, 5) is 12.2. The second-order valence-electron chi connectivity index (χ2n) is 10.3. The van der Waals surface area contributed by atoms with Gasteiger partial charge in [0.1, 0.15) is 12.2 Å². The molecule has 0 aromatic carbocycles. The van der Waals surface area contributed by atoms with Crippen LogP contribution in [-0.2, 0) is 19.0 Å². The third-order valence-electron chi connectivity index (χ3n) is 9.38. The first-order valence-corrected chi connectivity index (χ1v) is 10.8. The number of fused-ring (bicyclic) bond motifs is 7. The van der Waals surface area contributed by atoms with Gasteiger partial charge in [0, 0.05) is 11.3 Å². The van der Waals surface area contributed by atoms with Crippen LogP contribution >= 0.6 is 0 Å². The molecule has 0 radical (unpaired) electrons. The van der Waals surface area contributed by atoms with Gasteiger partial charge in [-0.2, -0.15) is 0 Å². The van der Waals surface area contributed by atoms with E-state index in [9.17, 15) is 4.79 Å². The van der Waals surface area contributed by atoms with Crippen LogP contribution in [0.25, 0.3) is 0 Å². The minimum atomic E-state index is -0.411. The predicted octanol–water partition coefficient (Wildman–Crippen LogP) is 3.66. The molecule has 2 saturated carbocycles. The van der Waals surface area contributed by atoms with Crippen molar-refractivity contribution in [2.24, 2.45) is 34.5 Å². The van der Waals surface area contributed by atoms with Crippen LogP contribution in [0.3, 0.4) is 0 Å². The zero-order valence-corrected chi connectivity index (χ0v) is 16.6. The molecule has 6 aliphatic rings. The molecule has 2 heterocycles. The molecule has 6 rings (SSSR count). The summed E-state index contributed by atoms with van der Waals surface area (Å²) < 4.78 is 18.1. The molecule has 0 aromatic heterocycles. The Morgan fingerprint density at radius 2 is 1.81 bits per heavy atom. The molecule has 0 bridgehead atoms. The molecule has 146 valence electrons. The fourth-order valence-electron chi connectivity index (χ4n) is 7.96. The van der Waals surface area contributed by atoms with Crippen molar-refractivity contribution in [1.82, 2.24) is 0 Å². The van der Waals surface area contributed by atoms with E-state index in [1.165, 1.54) is 31.3 Å². The summed E-state index contributed by atoms with van der Waals surface area (Å²) in [5.74, 6) is 2.03. The summed E-state index contributed by atoms with van der Waals surface area (Å²) in [6.07, 6.45) is 11.3. The Labute approximate surface area is 161 Å². The number of hydrogen-bond donors (Lipinski definition) is 0. The molecule has 0 spiro atoms. The molecular weight excluding hydrogens is 340 g/mol. The fraction of sp³-hybridized carbons (Fsp3) is 0.783. The maximum atomic E-state index is 12.2. The molecule has 0 aromatic rings. The highest BCUT2D eigenvalue weighted by atomic mass is 16.7. The van der Waals surface area contributed by atoms with Crippen molar-refractivity contribution < 1.29 is 19.0 Å². The molecule has 2 aliphatic heterocycles. The van der Waals surface area contributed by atoms with Gasteiger partial charge in [0.2, 0.25) is 0 Å². The number of ether oxygens (including phenoxy) is 3. The Hall–Kier alpha value is -0.970. The largest absolute Gasteiger partial charge is 0.360 e. The lowest BCUT2D eigenvalue weighted by Crippen LogP contribution is -2.53. The monoisotopic (exact) mass is 370 g/mol. The van der Waals surface area contributed by atoms with Crippen LogP contribution in [0.2, 0.25) is 0 Å². The molecule has 4 nitrogen and oxygen atoms in total. The molecule has 4 aliphatic carbocycles. The average Bonchev–Trinajstić information content (AvgIpc) is 3.23. The maximum absolute atomic E-state index is 12.2. The summed E-state index contributed by atoms with van der Waals surface area (Å²) >= 11 is 0. The summed E-state index contributed by atoms with van der Waals surface area (Å²) in [6.45, 7) is 8.46. The van der Waals surface area contributed by atoms with E-state index in [-0.39, 0.29) is 28.8 Å². The van der Waals surface area contributed by atoms with Gasteiger partial charge in [-0.1, -0.05) is 26.0 Å². The van der Waals surface area contributed by atoms with Crippen molar-refractivity contribution in [1.29, 1.82) is 0 Å². The van der Waals surface area contributed by atoms with E-state index in [0.29, 0.717) is 23.7 Å². The minimum absolute atomic E-state index is 0.00166. The number of epoxide rings is 1. The van der Waals surface area contributed by atoms with Crippen molar-refractivity contribution in [3.8, 4) is 0 Å². The van der Waals surface area contributed by atoms with E-state index >= 15 is 0 Å². The zero-order valence-electron chi connectivity index (χ0n) is 16.6. The topological polar surface area (TPSA) is 48.1 Å². The Kier molecular flexibility index (Phi) is 3.22. The highest BCUT2D eigenvalue weighted by molar-refractivity contribution is 5.98. The zero-order chi connectivity index (χ0) is 18.6. The standard InChI is InChI=1S/C23H30O4/c1-21-9-8-16-14(15(21)6-7-18(21)23(3)25-10-11-26-23)5-4-13-12-17(24)19-20(27-19)22(13,16)2/h4-5,12,14-16,18-20H,6-11H2,1-3H3/t14-,15-,16-,18-,19-,20-,21-,22-/m0/s1. The molecule has 4 fully saturated rings. The number of hydrogen-bond acceptors (Lipinski definition) is 4. The van der Waals surface area contributed by atoms with Crippen LogP contribution < -0.4 is 0 Å². The predicted molar refractivity (Wildman–Crippen MR) is 99.8 cm³/mol. The Balaban J connectivity index is 1.37. The van der Waals surface area contributed by atoms with Gasteiger partial charge in [-0.25, -0.2) is 0 Å². The van der Waals surface area contributed by atoms with E-state index < -0.39 is 5.79 Å². The van der Waals surface area contributed by atoms with Gasteiger partial charge < -0.3 is 14.2 Å². The lowest BCUT2D eigenvalue weighted by molar-refractivity contribution is -0.212. The smallest absolute Gasteiger partial charge is 0.187 e. The summed E-state index contributed by atoms with van der Waals surface area (Å²) in [5.41, 5.74) is 1.47. The molecule has 4 heteroatoms. The van der Waals surface area contributed by atoms with E-state index in [2.05, 4.69) is 32.9 Å². The third-order valence-corrected chi connectivity index (χ3v) is 9.38. The van der Waals surface area contributed by atoms with E-state index in [0.717, 1.165) is 13.2 Å². The Morgan fingerprint density at radius 3 is 2.59 bits per heavy atom. The number of allylic oxidation sites excluding steroid dienone is 2. The first kappa shape index (κ1) is 16.9. The second kappa shape index (κ2) is 5.14. The summed E-state index contributed by atoms with van der Waals surface area (Å²) in [5, 5.41) is 0. The lowest BCUT2D eigenvalue weighted by Gasteiger charge is -2.56. The van der Waals surface area contributed by atoms with Crippen molar-refractivity contribution in [3.63, 3.8) is 0 Å². The maximum Gasteiger partial charge on any atom is 0.187 e. The average molecular weight is 370 g/mol. The van der Waals surface area contributed by atoms with Gasteiger partial charge in [0.25, 0.3) is 0 Å². The fourth-order valence-corrected chi connectivity index (χ4v) is 7.96. The van der Waals surface area contributed by atoms with Gasteiger partial charge in [-0.3, -0.25) is 4.79 Å². The van der Waals surface area contributed by atoms with Gasteiger partial charge in [0.15, 0.2) is 11.6 Å². The van der Waals surface area contributed by atoms with Crippen LogP contribution in [0.1, 0.15) is 46.5 Å². The third kappa shape index (κ3) is 1.97. The van der Waals surface area contributed by atoms with Crippen LogP contribution in [0, 0.1) is 34.5 Å². The van der Waals surface area contributed by atoms with Gasteiger partial charge in [-0.05, 0) is 67.4 Å². The SMILES string of the molecule is CC1([C@H]2CC[C@H]3[C@@H]4C=CC5=CC(=O)[C@@H]6O[C@@H]6[C@]5(C)[C@H]4CC[C@]23C)OCCO1. The first-order chi connectivity index (χ1) is 12.9. The van der Waals surface area contributed by atoms with Gasteiger partial charge >= 0.3 is 0 Å². The van der Waals surface area contributed by atoms with E-state index in [1.807, 2.05) is 6.08 Å². The number of carbonyl (C=O) groups is 1. The van der Waals surface area contributed by atoms with Crippen molar-refractivity contribution in [2.75, 3.05) is 13.2 Å². The molecule has 2 saturated heterocycles.